The fourth-order valence-corrected chi connectivity index (χ4v) is 14.3. The first-order valence-corrected chi connectivity index (χ1v) is 22.2. The normalized spacial score (nSPS) is 38.3. The van der Waals surface area contributed by atoms with Gasteiger partial charge in [-0.05, 0) is 105 Å². The van der Waals surface area contributed by atoms with Crippen LogP contribution in [-0.4, -0.2) is 76.0 Å². The van der Waals surface area contributed by atoms with Gasteiger partial charge < -0.3 is 38.3 Å². The Morgan fingerprint density at radius 1 is 0.707 bits per heavy atom. The fourth-order valence-electron chi connectivity index (χ4n) is 14.0. The average molecular weight is 825 g/mol. The van der Waals surface area contributed by atoms with Gasteiger partial charge in [-0.3, -0.25) is 9.59 Å². The summed E-state index contributed by atoms with van der Waals surface area (Å²) in [7, 11) is 4.53. The van der Waals surface area contributed by atoms with Crippen molar-refractivity contribution in [1.82, 2.24) is 0 Å². The number of aromatic hydroxyl groups is 1. The highest BCUT2D eigenvalue weighted by Gasteiger charge is 2.66. The second-order valence-corrected chi connectivity index (χ2v) is 20.1. The van der Waals surface area contributed by atoms with Gasteiger partial charge in [0.15, 0.2) is 34.6 Å². The summed E-state index contributed by atoms with van der Waals surface area (Å²) >= 11 is 6.99. The molecule has 11 heteroatoms. The molecule has 320 valence electrons. The molecular formula is C47H65ClO10. The van der Waals surface area contributed by atoms with Crippen LogP contribution in [-0.2, 0) is 39.7 Å². The molecule has 0 bridgehead atoms. The number of halogens is 1. The summed E-state index contributed by atoms with van der Waals surface area (Å²) in [5.41, 5.74) is -0.344. The molecular weight excluding hydrogens is 760 g/mol. The van der Waals surface area contributed by atoms with Crippen molar-refractivity contribution in [1.29, 1.82) is 0 Å². The maximum absolute atomic E-state index is 15.3. The standard InChI is InChI=1S/C47H65ClO10/c1-27-14-18-44(5)33(12-10-16-46(44)55-20-21-56-46)42(27,3)25-30-37(49)29(24-32(52-7)40(30)53-8)35-36(48)39(51)41(54-9)31(38(35)50)26-43(4)28(2)15-19-45(6)34(43)13-11-17-47(45)57-22-23-58-47/h24,27-28,33-34,49H,10-23,25-26H2,1-9H3/t27-,28-,33-,34-,42+,43+,44+,45+/m0/s1. The summed E-state index contributed by atoms with van der Waals surface area (Å²) in [6.07, 6.45) is 10.2. The minimum absolute atomic E-state index is 0.0380. The maximum atomic E-state index is 15.3. The van der Waals surface area contributed by atoms with E-state index in [9.17, 15) is 9.90 Å². The zero-order valence-corrected chi connectivity index (χ0v) is 37.0. The third kappa shape index (κ3) is 5.76. The number of ketones is 2. The molecule has 2 aliphatic heterocycles. The predicted molar refractivity (Wildman–Crippen MR) is 220 cm³/mol. The third-order valence-electron chi connectivity index (χ3n) is 17.5. The van der Waals surface area contributed by atoms with Crippen LogP contribution in [0.15, 0.2) is 22.4 Å². The van der Waals surface area contributed by atoms with E-state index in [-0.39, 0.29) is 73.2 Å². The SMILES string of the molecule is COC1=C(C[C@]2(C)[C@@H](C)CC[C@]3(C)[C@H]2CCCC32OCCO2)C(=O)C(c2cc(OC)c(OC)c(C[C@]3(C)[C@@H](C)CC[C@]4(C)[C@H]3CCCC43OCCO3)c2O)=C(Cl)C1=O. The van der Waals surface area contributed by atoms with Crippen LogP contribution in [0.1, 0.15) is 123 Å². The molecule has 2 spiro atoms. The van der Waals surface area contributed by atoms with Crippen LogP contribution in [0.5, 0.6) is 17.2 Å². The van der Waals surface area contributed by atoms with Crippen molar-refractivity contribution in [3.63, 3.8) is 0 Å². The number of phenolic OH excluding ortho intramolecular Hbond substituents is 1. The number of allylic oxidation sites excluding steroid dienone is 3. The number of ether oxygens (including phenoxy) is 7. The first kappa shape index (κ1) is 42.1. The van der Waals surface area contributed by atoms with Crippen molar-refractivity contribution in [2.45, 2.75) is 130 Å². The third-order valence-corrected chi connectivity index (χ3v) is 17.9. The molecule has 0 amide bonds. The molecule has 2 saturated heterocycles. The molecule has 8 atom stereocenters. The van der Waals surface area contributed by atoms with Gasteiger partial charge in [0.2, 0.25) is 5.78 Å². The number of carbonyl (C=O) groups excluding carboxylic acids is 2. The van der Waals surface area contributed by atoms with Crippen molar-refractivity contribution < 1.29 is 47.9 Å². The Kier molecular flexibility index (Phi) is 10.7. The summed E-state index contributed by atoms with van der Waals surface area (Å²) in [6.45, 7) is 16.1. The monoisotopic (exact) mass is 824 g/mol. The Hall–Kier alpha value is -2.63. The lowest BCUT2D eigenvalue weighted by Crippen LogP contribution is -2.62. The van der Waals surface area contributed by atoms with Crippen molar-refractivity contribution in [2.24, 2.45) is 45.3 Å². The lowest BCUT2D eigenvalue weighted by Gasteiger charge is -2.63. The molecule has 5 aliphatic carbocycles. The van der Waals surface area contributed by atoms with Gasteiger partial charge in [0, 0.05) is 40.4 Å². The Balaban J connectivity index is 1.20. The zero-order chi connectivity index (χ0) is 41.6. The number of carbonyl (C=O) groups is 2. The van der Waals surface area contributed by atoms with Gasteiger partial charge in [-0.15, -0.1) is 0 Å². The van der Waals surface area contributed by atoms with E-state index in [0.29, 0.717) is 56.3 Å². The van der Waals surface area contributed by atoms with Gasteiger partial charge in [-0.1, -0.05) is 53.1 Å². The van der Waals surface area contributed by atoms with E-state index in [1.54, 1.807) is 20.3 Å². The maximum Gasteiger partial charge on any atom is 0.240 e. The van der Waals surface area contributed by atoms with Gasteiger partial charge in [0.1, 0.15) is 10.8 Å². The van der Waals surface area contributed by atoms with Crippen LogP contribution in [0.4, 0.5) is 0 Å². The highest BCUT2D eigenvalue weighted by molar-refractivity contribution is 6.56. The number of hydrogen-bond donors (Lipinski definition) is 1. The molecule has 0 radical (unpaired) electrons. The van der Waals surface area contributed by atoms with Crippen LogP contribution >= 0.6 is 11.6 Å². The molecule has 8 rings (SSSR count). The number of hydrogen-bond acceptors (Lipinski definition) is 10. The molecule has 2 heterocycles. The minimum atomic E-state index is -0.655. The van der Waals surface area contributed by atoms with E-state index in [1.807, 2.05) is 0 Å². The summed E-state index contributed by atoms with van der Waals surface area (Å²) in [4.78, 5) is 29.6. The topological polar surface area (TPSA) is 119 Å². The summed E-state index contributed by atoms with van der Waals surface area (Å²) < 4.78 is 43.7. The van der Waals surface area contributed by atoms with Crippen molar-refractivity contribution in [3.05, 3.63) is 33.6 Å². The summed E-state index contributed by atoms with van der Waals surface area (Å²) in [5, 5.41) is 12.3. The molecule has 10 nitrogen and oxygen atoms in total. The number of Topliss-reactive ketones (excluding diaryl/α,β-unsaturated/α-hetero) is 2. The lowest BCUT2D eigenvalue weighted by atomic mass is 9.45. The fraction of sp³-hybridized carbons (Fsp3) is 0.745. The van der Waals surface area contributed by atoms with Gasteiger partial charge in [0.25, 0.3) is 0 Å². The van der Waals surface area contributed by atoms with Crippen molar-refractivity contribution in [2.75, 3.05) is 47.8 Å². The molecule has 0 aromatic heterocycles. The molecule has 1 N–H and O–H groups in total. The quantitative estimate of drug-likeness (QED) is 0.254. The van der Waals surface area contributed by atoms with Crippen molar-refractivity contribution >= 4 is 28.7 Å². The molecule has 4 saturated carbocycles. The number of rotatable bonds is 8. The number of fused-ring (bicyclic) bond motifs is 4. The Morgan fingerprint density at radius 3 is 1.67 bits per heavy atom. The van der Waals surface area contributed by atoms with E-state index in [1.165, 1.54) is 7.11 Å². The average Bonchev–Trinajstić information content (AvgIpc) is 3.89. The van der Waals surface area contributed by atoms with E-state index in [2.05, 4.69) is 41.5 Å². The molecule has 0 unspecified atom stereocenters. The highest BCUT2D eigenvalue weighted by Crippen LogP contribution is 2.68. The van der Waals surface area contributed by atoms with Crippen LogP contribution in [0.3, 0.4) is 0 Å². The molecule has 58 heavy (non-hydrogen) atoms. The van der Waals surface area contributed by atoms with Gasteiger partial charge in [-0.25, -0.2) is 0 Å². The first-order valence-electron chi connectivity index (χ1n) is 21.8. The van der Waals surface area contributed by atoms with Crippen LogP contribution in [0.2, 0.25) is 0 Å². The minimum Gasteiger partial charge on any atom is -0.507 e. The lowest BCUT2D eigenvalue weighted by molar-refractivity contribution is -0.297. The van der Waals surface area contributed by atoms with Crippen LogP contribution in [0.25, 0.3) is 5.57 Å². The van der Waals surface area contributed by atoms with E-state index in [4.69, 9.17) is 44.8 Å². The molecule has 7 aliphatic rings. The zero-order valence-electron chi connectivity index (χ0n) is 36.2. The molecule has 1 aromatic rings. The Bertz CT molecular complexity index is 1910. The molecule has 6 fully saturated rings. The first-order chi connectivity index (χ1) is 27.5. The van der Waals surface area contributed by atoms with Gasteiger partial charge in [-0.2, -0.15) is 0 Å². The van der Waals surface area contributed by atoms with Gasteiger partial charge >= 0.3 is 0 Å². The largest absolute Gasteiger partial charge is 0.507 e. The second kappa shape index (κ2) is 14.8. The van der Waals surface area contributed by atoms with Gasteiger partial charge in [0.05, 0.1) is 53.3 Å². The smallest absolute Gasteiger partial charge is 0.240 e. The van der Waals surface area contributed by atoms with Crippen molar-refractivity contribution in [3.8, 4) is 17.2 Å². The summed E-state index contributed by atoms with van der Waals surface area (Å²) in [6, 6.07) is 1.59. The predicted octanol–water partition coefficient (Wildman–Crippen LogP) is 9.32. The Labute approximate surface area is 349 Å². The molecule has 1 aromatic carbocycles. The van der Waals surface area contributed by atoms with E-state index in [0.717, 1.165) is 64.2 Å². The second-order valence-electron chi connectivity index (χ2n) is 19.7. The van der Waals surface area contributed by atoms with Crippen LogP contribution in [0, 0.1) is 45.3 Å². The number of phenols is 1. The Morgan fingerprint density at radius 2 is 1.21 bits per heavy atom. The summed E-state index contributed by atoms with van der Waals surface area (Å²) in [5.74, 6) is -0.857. The number of methoxy groups -OCH3 is 3. The number of benzene rings is 1. The highest BCUT2D eigenvalue weighted by atomic mass is 35.5. The van der Waals surface area contributed by atoms with Crippen LogP contribution < -0.4 is 9.47 Å². The van der Waals surface area contributed by atoms with E-state index < -0.39 is 28.6 Å². The van der Waals surface area contributed by atoms with E-state index >= 15 is 4.79 Å².